The minimum Gasteiger partial charge on any atom is -0.495 e. The molecular formula is C17H22N6O2. The average Bonchev–Trinajstić information content (AvgIpc) is 2.62. The lowest BCUT2D eigenvalue weighted by Crippen LogP contribution is -2.27. The number of hydrogen-bond acceptors (Lipinski definition) is 7. The van der Waals surface area contributed by atoms with Crippen LogP contribution in [0.15, 0.2) is 24.3 Å². The lowest BCUT2D eigenvalue weighted by Gasteiger charge is -2.19. The molecule has 0 atom stereocenters. The molecule has 0 radical (unpaired) electrons. The van der Waals surface area contributed by atoms with E-state index < -0.39 is 0 Å². The number of nitrogens with one attached hydrogen (secondary N) is 3. The van der Waals surface area contributed by atoms with Gasteiger partial charge in [0.25, 0.3) is 0 Å². The molecule has 1 aliphatic rings. The van der Waals surface area contributed by atoms with Crippen molar-refractivity contribution in [2.24, 2.45) is 0 Å². The zero-order valence-corrected chi connectivity index (χ0v) is 14.1. The Morgan fingerprint density at radius 2 is 2.20 bits per heavy atom. The van der Waals surface area contributed by atoms with Crippen molar-refractivity contribution in [2.45, 2.75) is 19.4 Å². The summed E-state index contributed by atoms with van der Waals surface area (Å²) >= 11 is 0. The van der Waals surface area contributed by atoms with Crippen molar-refractivity contribution in [1.82, 2.24) is 15.3 Å². The number of methoxy groups -OCH3 is 1. The van der Waals surface area contributed by atoms with E-state index in [2.05, 4.69) is 25.9 Å². The van der Waals surface area contributed by atoms with Gasteiger partial charge in [-0.3, -0.25) is 4.79 Å². The zero-order valence-electron chi connectivity index (χ0n) is 14.1. The van der Waals surface area contributed by atoms with Gasteiger partial charge in [-0.05, 0) is 25.1 Å². The summed E-state index contributed by atoms with van der Waals surface area (Å²) in [5.41, 5.74) is 8.41. The molecule has 1 aromatic heterocycles. The fraction of sp³-hybridized carbons (Fsp3) is 0.353. The van der Waals surface area contributed by atoms with Crippen molar-refractivity contribution in [2.75, 3.05) is 36.6 Å². The number of para-hydroxylation sites is 2. The number of rotatable bonds is 6. The van der Waals surface area contributed by atoms with Crippen LogP contribution in [0.5, 0.6) is 5.75 Å². The van der Waals surface area contributed by atoms with Crippen LogP contribution >= 0.6 is 0 Å². The Morgan fingerprint density at radius 1 is 1.36 bits per heavy atom. The van der Waals surface area contributed by atoms with Gasteiger partial charge in [-0.25, -0.2) is 4.98 Å². The number of nitrogens with two attached hydrogens (primary N) is 1. The monoisotopic (exact) mass is 342 g/mol. The Labute approximate surface area is 146 Å². The summed E-state index contributed by atoms with van der Waals surface area (Å²) in [6.45, 7) is 2.02. The van der Waals surface area contributed by atoms with Crippen LogP contribution in [0.2, 0.25) is 0 Å². The smallest absolute Gasteiger partial charge is 0.226 e. The molecule has 8 nitrogen and oxygen atoms in total. The number of hydrogen-bond donors (Lipinski definition) is 4. The predicted molar refractivity (Wildman–Crippen MR) is 96.6 cm³/mol. The highest BCUT2D eigenvalue weighted by Gasteiger charge is 2.16. The molecule has 0 unspecified atom stereocenters. The van der Waals surface area contributed by atoms with Crippen molar-refractivity contribution >= 4 is 23.4 Å². The number of nitrogen functional groups attached to an aromatic ring is 1. The van der Waals surface area contributed by atoms with Crippen molar-refractivity contribution < 1.29 is 9.53 Å². The highest BCUT2D eigenvalue weighted by atomic mass is 16.5. The number of aromatic nitrogens is 2. The molecule has 0 fully saturated rings. The number of carbonyl (C=O) groups is 1. The quantitative estimate of drug-likeness (QED) is 0.623. The van der Waals surface area contributed by atoms with Crippen molar-refractivity contribution in [1.29, 1.82) is 0 Å². The van der Waals surface area contributed by atoms with Gasteiger partial charge < -0.3 is 26.4 Å². The van der Waals surface area contributed by atoms with Crippen LogP contribution < -0.4 is 26.4 Å². The number of amides is 1. The standard InChI is InChI=1S/C17H22N6O2/c1-25-14-5-3-2-4-12(14)21-15(24)7-9-20-16-11-6-8-19-10-13(11)22-17(18)23-16/h2-5,19H,6-10H2,1H3,(H,21,24)(H3,18,20,22,23). The molecule has 3 rings (SSSR count). The maximum Gasteiger partial charge on any atom is 0.226 e. The highest BCUT2D eigenvalue weighted by molar-refractivity contribution is 5.92. The summed E-state index contributed by atoms with van der Waals surface area (Å²) in [5, 5.41) is 9.32. The molecule has 2 heterocycles. The van der Waals surface area contributed by atoms with Gasteiger partial charge in [-0.2, -0.15) is 4.98 Å². The van der Waals surface area contributed by atoms with E-state index in [0.29, 0.717) is 36.8 Å². The van der Waals surface area contributed by atoms with E-state index in [1.807, 2.05) is 12.1 Å². The zero-order chi connectivity index (χ0) is 17.6. The molecule has 1 aliphatic heterocycles. The van der Waals surface area contributed by atoms with Gasteiger partial charge in [-0.15, -0.1) is 0 Å². The predicted octanol–water partition coefficient (Wildman–Crippen LogP) is 1.15. The Kier molecular flexibility index (Phi) is 5.30. The molecule has 0 aliphatic carbocycles. The number of nitrogens with zero attached hydrogens (tertiary/aromatic N) is 2. The van der Waals surface area contributed by atoms with Crippen LogP contribution in [0.1, 0.15) is 17.7 Å². The van der Waals surface area contributed by atoms with Gasteiger partial charge in [-0.1, -0.05) is 12.1 Å². The van der Waals surface area contributed by atoms with E-state index in [1.54, 1.807) is 19.2 Å². The van der Waals surface area contributed by atoms with Crippen LogP contribution in [0.3, 0.4) is 0 Å². The first-order chi connectivity index (χ1) is 12.2. The number of anilines is 3. The van der Waals surface area contributed by atoms with Crippen LogP contribution in [-0.2, 0) is 17.8 Å². The topological polar surface area (TPSA) is 114 Å². The van der Waals surface area contributed by atoms with Crippen molar-refractivity contribution in [3.63, 3.8) is 0 Å². The van der Waals surface area contributed by atoms with Crippen LogP contribution in [0.25, 0.3) is 0 Å². The molecule has 2 aromatic rings. The summed E-state index contributed by atoms with van der Waals surface area (Å²) in [5.74, 6) is 1.49. The molecule has 132 valence electrons. The Morgan fingerprint density at radius 3 is 3.04 bits per heavy atom. The van der Waals surface area contributed by atoms with Gasteiger partial charge in [0.1, 0.15) is 11.6 Å². The highest BCUT2D eigenvalue weighted by Crippen LogP contribution is 2.23. The SMILES string of the molecule is COc1ccccc1NC(=O)CCNc1nc(N)nc2c1CCNC2. The molecule has 0 bridgehead atoms. The van der Waals surface area contributed by atoms with Gasteiger partial charge in [0.05, 0.1) is 18.5 Å². The first kappa shape index (κ1) is 17.0. The second-order valence-corrected chi connectivity index (χ2v) is 5.71. The van der Waals surface area contributed by atoms with Crippen LogP contribution in [0, 0.1) is 0 Å². The molecular weight excluding hydrogens is 320 g/mol. The third-order valence-electron chi connectivity index (χ3n) is 3.98. The van der Waals surface area contributed by atoms with E-state index in [0.717, 1.165) is 24.2 Å². The third-order valence-corrected chi connectivity index (χ3v) is 3.98. The minimum atomic E-state index is -0.102. The molecule has 0 spiro atoms. The van der Waals surface area contributed by atoms with E-state index in [-0.39, 0.29) is 11.9 Å². The first-order valence-corrected chi connectivity index (χ1v) is 8.20. The lowest BCUT2D eigenvalue weighted by molar-refractivity contribution is -0.116. The minimum absolute atomic E-state index is 0.102. The van der Waals surface area contributed by atoms with Crippen LogP contribution in [-0.4, -0.2) is 36.1 Å². The molecule has 0 saturated carbocycles. The summed E-state index contributed by atoms with van der Waals surface area (Å²) in [6.07, 6.45) is 1.14. The van der Waals surface area contributed by atoms with E-state index in [1.165, 1.54) is 0 Å². The summed E-state index contributed by atoms with van der Waals surface area (Å²) < 4.78 is 5.23. The Balaban J connectivity index is 1.58. The van der Waals surface area contributed by atoms with Gasteiger partial charge in [0.2, 0.25) is 11.9 Å². The fourth-order valence-corrected chi connectivity index (χ4v) is 2.78. The maximum absolute atomic E-state index is 12.2. The summed E-state index contributed by atoms with van der Waals surface area (Å²) in [7, 11) is 1.57. The van der Waals surface area contributed by atoms with E-state index in [4.69, 9.17) is 10.5 Å². The summed E-state index contributed by atoms with van der Waals surface area (Å²) in [4.78, 5) is 20.7. The second-order valence-electron chi connectivity index (χ2n) is 5.71. The van der Waals surface area contributed by atoms with Crippen molar-refractivity contribution in [3.8, 4) is 5.75 Å². The lowest BCUT2D eigenvalue weighted by atomic mass is 10.1. The molecule has 1 aromatic carbocycles. The number of ether oxygens (including phenoxy) is 1. The molecule has 25 heavy (non-hydrogen) atoms. The fourth-order valence-electron chi connectivity index (χ4n) is 2.78. The van der Waals surface area contributed by atoms with Gasteiger partial charge >= 0.3 is 0 Å². The average molecular weight is 342 g/mol. The third kappa shape index (κ3) is 4.16. The molecule has 8 heteroatoms. The molecule has 1 amide bonds. The van der Waals surface area contributed by atoms with Crippen molar-refractivity contribution in [3.05, 3.63) is 35.5 Å². The van der Waals surface area contributed by atoms with E-state index >= 15 is 0 Å². The van der Waals surface area contributed by atoms with E-state index in [9.17, 15) is 4.79 Å². The van der Waals surface area contributed by atoms with Crippen LogP contribution in [0.4, 0.5) is 17.5 Å². The van der Waals surface area contributed by atoms with Gasteiger partial charge in [0.15, 0.2) is 0 Å². The Hall–Kier alpha value is -2.87. The first-order valence-electron chi connectivity index (χ1n) is 8.20. The normalized spacial score (nSPS) is 13.0. The molecule has 0 saturated heterocycles. The Bertz CT molecular complexity index is 765. The molecule has 5 N–H and O–H groups in total. The number of benzene rings is 1. The number of fused-ring (bicyclic) bond motifs is 1. The van der Waals surface area contributed by atoms with Gasteiger partial charge in [0, 0.05) is 25.1 Å². The number of carbonyl (C=O) groups excluding carboxylic acids is 1. The maximum atomic E-state index is 12.2. The summed E-state index contributed by atoms with van der Waals surface area (Å²) in [6, 6.07) is 7.31. The second kappa shape index (κ2) is 7.80. The largest absolute Gasteiger partial charge is 0.495 e.